The molecule has 0 spiro atoms. The van der Waals surface area contributed by atoms with Gasteiger partial charge in [-0.05, 0) is 37.8 Å². The molecule has 2 aromatic rings. The van der Waals surface area contributed by atoms with E-state index < -0.39 is 0 Å². The molecule has 1 fully saturated rings. The molecule has 1 aliphatic carbocycles. The fraction of sp³-hybridized carbons (Fsp3) is 0.471. The van der Waals surface area contributed by atoms with Gasteiger partial charge >= 0.3 is 5.69 Å². The zero-order chi connectivity index (χ0) is 16.9. The predicted octanol–water partition coefficient (Wildman–Crippen LogP) is 1.39. The Labute approximate surface area is 140 Å². The number of H-pyrrole nitrogens is 1. The van der Waals surface area contributed by atoms with Crippen LogP contribution in [0.4, 0.5) is 0 Å². The van der Waals surface area contributed by atoms with Crippen molar-refractivity contribution >= 4 is 5.91 Å². The van der Waals surface area contributed by atoms with Crippen molar-refractivity contribution in [3.8, 4) is 5.75 Å². The first-order chi connectivity index (χ1) is 11.6. The number of carbonyl (C=O) groups is 1. The largest absolute Gasteiger partial charge is 0.488 e. The average Bonchev–Trinajstić information content (AvgIpc) is 2.96. The zero-order valence-electron chi connectivity index (χ0n) is 13.7. The van der Waals surface area contributed by atoms with E-state index in [9.17, 15) is 9.59 Å². The van der Waals surface area contributed by atoms with E-state index in [2.05, 4.69) is 15.5 Å². The molecular formula is C17H22N4O3. The van der Waals surface area contributed by atoms with Gasteiger partial charge in [0.25, 0.3) is 0 Å². The van der Waals surface area contributed by atoms with Gasteiger partial charge in [-0.15, -0.1) is 0 Å². The molecule has 1 amide bonds. The fourth-order valence-corrected chi connectivity index (χ4v) is 3.04. The van der Waals surface area contributed by atoms with Crippen LogP contribution in [-0.2, 0) is 11.3 Å². The Hall–Kier alpha value is -2.57. The van der Waals surface area contributed by atoms with Gasteiger partial charge in [0.15, 0.2) is 0 Å². The van der Waals surface area contributed by atoms with Gasteiger partial charge < -0.3 is 10.1 Å². The molecule has 1 saturated carbocycles. The molecule has 7 nitrogen and oxygen atoms in total. The summed E-state index contributed by atoms with van der Waals surface area (Å²) in [5, 5.41) is 8.91. The SMILES string of the molecule is Cc1ccccc1O[C@H]1CCCC[C@@H]1NC(=O)Cn1cn[nH]c1=O. The zero-order valence-corrected chi connectivity index (χ0v) is 13.7. The highest BCUT2D eigenvalue weighted by atomic mass is 16.5. The molecule has 1 aromatic carbocycles. The Balaban J connectivity index is 1.64. The first-order valence-electron chi connectivity index (χ1n) is 8.25. The molecule has 1 heterocycles. The summed E-state index contributed by atoms with van der Waals surface area (Å²) in [6, 6.07) is 7.84. The molecule has 2 atom stereocenters. The van der Waals surface area contributed by atoms with Crippen LogP contribution >= 0.6 is 0 Å². The average molecular weight is 330 g/mol. The minimum Gasteiger partial charge on any atom is -0.488 e. The molecule has 0 aliphatic heterocycles. The van der Waals surface area contributed by atoms with Gasteiger partial charge in [0, 0.05) is 0 Å². The molecule has 0 unspecified atom stereocenters. The molecule has 2 N–H and O–H groups in total. The third-order valence-electron chi connectivity index (χ3n) is 4.35. The maximum Gasteiger partial charge on any atom is 0.343 e. The monoisotopic (exact) mass is 330 g/mol. The second kappa shape index (κ2) is 7.33. The highest BCUT2D eigenvalue weighted by Gasteiger charge is 2.28. The van der Waals surface area contributed by atoms with Crippen molar-refractivity contribution in [2.75, 3.05) is 0 Å². The van der Waals surface area contributed by atoms with Crippen molar-refractivity contribution < 1.29 is 9.53 Å². The Kier molecular flexibility index (Phi) is 4.98. The first-order valence-corrected chi connectivity index (χ1v) is 8.25. The lowest BCUT2D eigenvalue weighted by molar-refractivity contribution is -0.123. The lowest BCUT2D eigenvalue weighted by atomic mass is 9.92. The summed E-state index contributed by atoms with van der Waals surface area (Å²) in [5.41, 5.74) is 0.694. The minimum atomic E-state index is -0.387. The van der Waals surface area contributed by atoms with Crippen molar-refractivity contribution in [1.29, 1.82) is 0 Å². The van der Waals surface area contributed by atoms with Gasteiger partial charge in [0.05, 0.1) is 6.04 Å². The van der Waals surface area contributed by atoms with Crippen molar-refractivity contribution in [2.24, 2.45) is 0 Å². The van der Waals surface area contributed by atoms with Crippen molar-refractivity contribution in [2.45, 2.75) is 51.3 Å². The lowest BCUT2D eigenvalue weighted by Gasteiger charge is -2.33. The van der Waals surface area contributed by atoms with E-state index in [0.29, 0.717) is 0 Å². The summed E-state index contributed by atoms with van der Waals surface area (Å²) in [6.07, 6.45) is 5.20. The van der Waals surface area contributed by atoms with Crippen LogP contribution in [0.15, 0.2) is 35.4 Å². The molecule has 1 aliphatic rings. The number of ether oxygens (including phenoxy) is 1. The van der Waals surface area contributed by atoms with Gasteiger partial charge in [-0.2, -0.15) is 5.10 Å². The highest BCUT2D eigenvalue weighted by molar-refractivity contribution is 5.76. The topological polar surface area (TPSA) is 89.0 Å². The maximum atomic E-state index is 12.2. The quantitative estimate of drug-likeness (QED) is 0.867. The summed E-state index contributed by atoms with van der Waals surface area (Å²) >= 11 is 0. The molecule has 128 valence electrons. The number of hydrogen-bond acceptors (Lipinski definition) is 4. The number of nitrogens with one attached hydrogen (secondary N) is 2. The van der Waals surface area contributed by atoms with Crippen LogP contribution in [0.1, 0.15) is 31.2 Å². The second-order valence-electron chi connectivity index (χ2n) is 6.17. The number of amides is 1. The normalized spacial score (nSPS) is 20.5. The van der Waals surface area contributed by atoms with Gasteiger partial charge in [0.2, 0.25) is 5.91 Å². The molecule has 24 heavy (non-hydrogen) atoms. The number of carbonyl (C=O) groups excluding carboxylic acids is 1. The first kappa shape index (κ1) is 16.3. The van der Waals surface area contributed by atoms with Crippen molar-refractivity contribution in [3.63, 3.8) is 0 Å². The second-order valence-corrected chi connectivity index (χ2v) is 6.17. The van der Waals surface area contributed by atoms with Gasteiger partial charge in [-0.3, -0.25) is 9.36 Å². The van der Waals surface area contributed by atoms with Gasteiger partial charge in [-0.25, -0.2) is 9.89 Å². The summed E-state index contributed by atoms with van der Waals surface area (Å²) in [7, 11) is 0. The van der Waals surface area contributed by atoms with E-state index in [1.54, 1.807) is 0 Å². The number of hydrogen-bond donors (Lipinski definition) is 2. The van der Waals surface area contributed by atoms with Gasteiger partial charge in [-0.1, -0.05) is 24.6 Å². The van der Waals surface area contributed by atoms with E-state index in [1.165, 1.54) is 10.9 Å². The Morgan fingerprint density at radius 3 is 2.92 bits per heavy atom. The fourth-order valence-electron chi connectivity index (χ4n) is 3.04. The number of benzene rings is 1. The van der Waals surface area contributed by atoms with Crippen LogP contribution in [0.2, 0.25) is 0 Å². The third-order valence-corrected chi connectivity index (χ3v) is 4.35. The van der Waals surface area contributed by atoms with Crippen molar-refractivity contribution in [3.05, 3.63) is 46.6 Å². The number of para-hydroxylation sites is 1. The molecule has 1 aromatic heterocycles. The number of rotatable bonds is 5. The smallest absolute Gasteiger partial charge is 0.343 e. The summed E-state index contributed by atoms with van der Waals surface area (Å²) in [4.78, 5) is 23.7. The van der Waals surface area contributed by atoms with E-state index in [4.69, 9.17) is 4.74 Å². The van der Waals surface area contributed by atoms with Crippen LogP contribution in [0, 0.1) is 6.92 Å². The molecule has 0 bridgehead atoms. The van der Waals surface area contributed by atoms with E-state index in [0.717, 1.165) is 37.0 Å². The minimum absolute atomic E-state index is 0.0388. The summed E-state index contributed by atoms with van der Waals surface area (Å²) in [5.74, 6) is 0.651. The summed E-state index contributed by atoms with van der Waals surface area (Å²) < 4.78 is 7.40. The van der Waals surface area contributed by atoms with E-state index in [1.807, 2.05) is 31.2 Å². The third kappa shape index (κ3) is 3.84. The predicted molar refractivity (Wildman–Crippen MR) is 88.8 cm³/mol. The number of nitrogens with zero attached hydrogens (tertiary/aromatic N) is 2. The Bertz CT molecular complexity index is 752. The summed E-state index contributed by atoms with van der Waals surface area (Å²) in [6.45, 7) is 1.97. The van der Waals surface area contributed by atoms with Crippen LogP contribution in [0.3, 0.4) is 0 Å². The van der Waals surface area contributed by atoms with Crippen molar-refractivity contribution in [1.82, 2.24) is 20.1 Å². The lowest BCUT2D eigenvalue weighted by Crippen LogP contribution is -2.49. The standard InChI is InChI=1S/C17H22N4O3/c1-12-6-2-4-8-14(12)24-15-9-5-3-7-13(15)19-16(22)10-21-11-18-20-17(21)23/h2,4,6,8,11,13,15H,3,5,7,9-10H2,1H3,(H,19,22)(H,20,23)/t13-,15-/m0/s1. The van der Waals surface area contributed by atoms with Crippen LogP contribution in [-0.4, -0.2) is 32.8 Å². The molecule has 0 saturated heterocycles. The number of aryl methyl sites for hydroxylation is 1. The Morgan fingerprint density at radius 2 is 2.17 bits per heavy atom. The van der Waals surface area contributed by atoms with Crippen LogP contribution in [0.25, 0.3) is 0 Å². The molecule has 3 rings (SSSR count). The maximum absolute atomic E-state index is 12.2. The van der Waals surface area contributed by atoms with Crippen LogP contribution in [0.5, 0.6) is 5.75 Å². The Morgan fingerprint density at radius 1 is 1.38 bits per heavy atom. The number of aromatic nitrogens is 3. The van der Waals surface area contributed by atoms with E-state index in [-0.39, 0.29) is 30.3 Å². The molecular weight excluding hydrogens is 308 g/mol. The number of aromatic amines is 1. The molecule has 7 heteroatoms. The molecule has 0 radical (unpaired) electrons. The van der Waals surface area contributed by atoms with Gasteiger partial charge in [0.1, 0.15) is 24.7 Å². The van der Waals surface area contributed by atoms with E-state index >= 15 is 0 Å². The highest BCUT2D eigenvalue weighted by Crippen LogP contribution is 2.26. The van der Waals surface area contributed by atoms with Crippen LogP contribution < -0.4 is 15.7 Å².